The molecule has 1 aromatic carbocycles. The minimum atomic E-state index is -1.05. The Kier molecular flexibility index (Phi) is 2.91. The van der Waals surface area contributed by atoms with E-state index in [-0.39, 0.29) is 5.69 Å². The van der Waals surface area contributed by atoms with Crippen molar-refractivity contribution >= 4 is 23.2 Å². The number of aromatic nitrogens is 3. The summed E-state index contributed by atoms with van der Waals surface area (Å²) < 4.78 is 1.33. The van der Waals surface area contributed by atoms with Crippen LogP contribution in [0.1, 0.15) is 16.1 Å². The first kappa shape index (κ1) is 12.6. The first-order valence-electron chi connectivity index (χ1n) is 5.91. The second kappa shape index (κ2) is 4.61. The molecule has 6 heteroatoms. The fourth-order valence-electron chi connectivity index (χ4n) is 1.99. The molecular formula is C14H10ClN3O2. The number of nitrogens with zero attached hydrogens (tertiary/aromatic N) is 3. The molecule has 2 aromatic heterocycles. The van der Waals surface area contributed by atoms with Crippen molar-refractivity contribution in [2.24, 2.45) is 0 Å². The number of fused-ring (bicyclic) bond motifs is 1. The van der Waals surface area contributed by atoms with Crippen LogP contribution in [0.15, 0.2) is 36.5 Å². The van der Waals surface area contributed by atoms with Crippen molar-refractivity contribution in [3.63, 3.8) is 0 Å². The Bertz CT molecular complexity index is 809. The minimum Gasteiger partial charge on any atom is -0.477 e. The third-order valence-electron chi connectivity index (χ3n) is 3.01. The molecule has 100 valence electrons. The van der Waals surface area contributed by atoms with Crippen LogP contribution in [-0.2, 0) is 0 Å². The van der Waals surface area contributed by atoms with E-state index >= 15 is 0 Å². The van der Waals surface area contributed by atoms with Crippen LogP contribution in [0.25, 0.3) is 16.9 Å². The molecule has 3 rings (SSSR count). The summed E-state index contributed by atoms with van der Waals surface area (Å²) in [6, 6.07) is 8.60. The highest BCUT2D eigenvalue weighted by atomic mass is 35.5. The maximum Gasteiger partial charge on any atom is 0.354 e. The predicted octanol–water partition coefficient (Wildman–Crippen LogP) is 3.06. The van der Waals surface area contributed by atoms with E-state index in [4.69, 9.17) is 11.6 Å². The Balaban J connectivity index is 2.28. The largest absolute Gasteiger partial charge is 0.477 e. The summed E-state index contributed by atoms with van der Waals surface area (Å²) in [4.78, 5) is 15.8. The molecular weight excluding hydrogens is 278 g/mol. The normalized spacial score (nSPS) is 10.9. The third kappa shape index (κ3) is 2.02. The monoisotopic (exact) mass is 287 g/mol. The van der Waals surface area contributed by atoms with Crippen molar-refractivity contribution in [1.82, 2.24) is 14.6 Å². The van der Waals surface area contributed by atoms with Gasteiger partial charge < -0.3 is 5.11 Å². The fraction of sp³-hybridized carbons (Fsp3) is 0.0714. The summed E-state index contributed by atoms with van der Waals surface area (Å²) in [5.74, 6) is -1.05. The fourth-order valence-corrected chi connectivity index (χ4v) is 2.12. The van der Waals surface area contributed by atoms with Crippen LogP contribution >= 0.6 is 11.6 Å². The van der Waals surface area contributed by atoms with Gasteiger partial charge in [-0.15, -0.1) is 0 Å². The molecule has 0 saturated heterocycles. The Morgan fingerprint density at radius 3 is 2.65 bits per heavy atom. The third-order valence-corrected chi connectivity index (χ3v) is 3.26. The van der Waals surface area contributed by atoms with Gasteiger partial charge in [-0.3, -0.25) is 0 Å². The van der Waals surface area contributed by atoms with Gasteiger partial charge in [0.2, 0.25) is 0 Å². The number of aromatic carboxylic acids is 1. The summed E-state index contributed by atoms with van der Waals surface area (Å²) in [6.45, 7) is 1.84. The van der Waals surface area contributed by atoms with Gasteiger partial charge in [0.1, 0.15) is 0 Å². The number of carbonyl (C=O) groups is 1. The number of carboxylic acid groups (broad SMARTS) is 1. The molecule has 0 aliphatic carbocycles. The van der Waals surface area contributed by atoms with Gasteiger partial charge in [-0.05, 0) is 25.1 Å². The second-order valence-electron chi connectivity index (χ2n) is 4.40. The van der Waals surface area contributed by atoms with Crippen LogP contribution in [0, 0.1) is 6.92 Å². The van der Waals surface area contributed by atoms with Crippen LogP contribution in [0.5, 0.6) is 0 Å². The zero-order chi connectivity index (χ0) is 14.3. The number of hydrogen-bond acceptors (Lipinski definition) is 3. The van der Waals surface area contributed by atoms with Gasteiger partial charge in [0, 0.05) is 16.1 Å². The lowest BCUT2D eigenvalue weighted by atomic mass is 10.1. The first-order chi connectivity index (χ1) is 9.56. The zero-order valence-electron chi connectivity index (χ0n) is 10.5. The zero-order valence-corrected chi connectivity index (χ0v) is 11.3. The number of halogens is 1. The van der Waals surface area contributed by atoms with Crippen LogP contribution in [0.2, 0.25) is 5.02 Å². The molecule has 0 bridgehead atoms. The summed E-state index contributed by atoms with van der Waals surface area (Å²) in [5, 5.41) is 14.0. The van der Waals surface area contributed by atoms with Crippen molar-refractivity contribution in [2.45, 2.75) is 6.92 Å². The standard InChI is InChI=1S/C14H10ClN3O2/c1-8-7-16-18-12(14(19)20)6-11(17-13(8)18)9-2-4-10(15)5-3-9/h2-7H,1H3,(H,19,20). The van der Waals surface area contributed by atoms with Gasteiger partial charge in [0.15, 0.2) is 11.3 Å². The molecule has 0 unspecified atom stereocenters. The van der Waals surface area contributed by atoms with Gasteiger partial charge in [0.05, 0.1) is 11.9 Å². The molecule has 0 radical (unpaired) electrons. The molecule has 5 nitrogen and oxygen atoms in total. The van der Waals surface area contributed by atoms with Crippen LogP contribution in [-0.4, -0.2) is 25.7 Å². The summed E-state index contributed by atoms with van der Waals surface area (Å²) in [6.07, 6.45) is 1.60. The summed E-state index contributed by atoms with van der Waals surface area (Å²) in [5.41, 5.74) is 2.82. The van der Waals surface area contributed by atoms with Crippen molar-refractivity contribution in [3.8, 4) is 11.3 Å². The van der Waals surface area contributed by atoms with E-state index < -0.39 is 5.97 Å². The average molecular weight is 288 g/mol. The van der Waals surface area contributed by atoms with Gasteiger partial charge in [-0.25, -0.2) is 14.3 Å². The molecule has 0 amide bonds. The highest BCUT2D eigenvalue weighted by Gasteiger charge is 2.15. The topological polar surface area (TPSA) is 67.5 Å². The Morgan fingerprint density at radius 1 is 1.30 bits per heavy atom. The molecule has 2 heterocycles. The first-order valence-corrected chi connectivity index (χ1v) is 6.28. The van der Waals surface area contributed by atoms with E-state index in [1.165, 1.54) is 10.6 Å². The van der Waals surface area contributed by atoms with Gasteiger partial charge in [0.25, 0.3) is 0 Å². The van der Waals surface area contributed by atoms with Crippen LogP contribution < -0.4 is 0 Å². The van der Waals surface area contributed by atoms with E-state index in [1.54, 1.807) is 30.5 Å². The molecule has 0 spiro atoms. The average Bonchev–Trinajstić information content (AvgIpc) is 2.80. The quantitative estimate of drug-likeness (QED) is 0.786. The molecule has 1 N–H and O–H groups in total. The molecule has 0 saturated carbocycles. The highest BCUT2D eigenvalue weighted by molar-refractivity contribution is 6.30. The number of hydrogen-bond donors (Lipinski definition) is 1. The van der Waals surface area contributed by atoms with E-state index in [0.717, 1.165) is 11.1 Å². The minimum absolute atomic E-state index is 0.0769. The van der Waals surface area contributed by atoms with Crippen molar-refractivity contribution in [3.05, 3.63) is 52.8 Å². The second-order valence-corrected chi connectivity index (χ2v) is 4.84. The van der Waals surface area contributed by atoms with Crippen molar-refractivity contribution in [1.29, 1.82) is 0 Å². The van der Waals surface area contributed by atoms with Crippen molar-refractivity contribution in [2.75, 3.05) is 0 Å². The lowest BCUT2D eigenvalue weighted by molar-refractivity contribution is 0.0687. The molecule has 20 heavy (non-hydrogen) atoms. The Labute approximate surface area is 119 Å². The van der Waals surface area contributed by atoms with Crippen LogP contribution in [0.3, 0.4) is 0 Å². The van der Waals surface area contributed by atoms with E-state index in [1.807, 2.05) is 6.92 Å². The summed E-state index contributed by atoms with van der Waals surface area (Å²) >= 11 is 5.86. The van der Waals surface area contributed by atoms with Gasteiger partial charge in [-0.2, -0.15) is 5.10 Å². The maximum atomic E-state index is 11.4. The van der Waals surface area contributed by atoms with Gasteiger partial charge >= 0.3 is 5.97 Å². The Morgan fingerprint density at radius 2 is 2.00 bits per heavy atom. The number of carboxylic acids is 1. The highest BCUT2D eigenvalue weighted by Crippen LogP contribution is 2.22. The summed E-state index contributed by atoms with van der Waals surface area (Å²) in [7, 11) is 0. The molecule has 0 fully saturated rings. The molecule has 3 aromatic rings. The lowest BCUT2D eigenvalue weighted by Gasteiger charge is -2.05. The predicted molar refractivity (Wildman–Crippen MR) is 75.1 cm³/mol. The van der Waals surface area contributed by atoms with Crippen LogP contribution in [0.4, 0.5) is 0 Å². The maximum absolute atomic E-state index is 11.4. The smallest absolute Gasteiger partial charge is 0.354 e. The molecule has 0 aliphatic heterocycles. The molecule has 0 aliphatic rings. The van der Waals surface area contributed by atoms with E-state index in [2.05, 4.69) is 10.1 Å². The SMILES string of the molecule is Cc1cnn2c(C(=O)O)cc(-c3ccc(Cl)cc3)nc12. The van der Waals surface area contributed by atoms with E-state index in [0.29, 0.717) is 16.4 Å². The number of rotatable bonds is 2. The lowest BCUT2D eigenvalue weighted by Crippen LogP contribution is -2.08. The molecule has 0 atom stereocenters. The van der Waals surface area contributed by atoms with Gasteiger partial charge in [-0.1, -0.05) is 23.7 Å². The Hall–Kier alpha value is -2.40. The number of benzene rings is 1. The van der Waals surface area contributed by atoms with Crippen molar-refractivity contribution < 1.29 is 9.90 Å². The number of aryl methyl sites for hydroxylation is 1. The van der Waals surface area contributed by atoms with E-state index in [9.17, 15) is 9.90 Å².